The average Bonchev–Trinajstić information content (AvgIpc) is 2.69. The smallest absolute Gasteiger partial charge is 0.0990 e. The number of nitrogens with zero attached hydrogens (tertiary/aromatic N) is 1. The van der Waals surface area contributed by atoms with E-state index < -0.39 is 0 Å². The van der Waals surface area contributed by atoms with Gasteiger partial charge in [-0.3, -0.25) is 5.41 Å². The van der Waals surface area contributed by atoms with E-state index in [1.54, 1.807) is 0 Å². The zero-order valence-electron chi connectivity index (χ0n) is 8.96. The molecule has 1 saturated carbocycles. The van der Waals surface area contributed by atoms with E-state index in [0.717, 1.165) is 18.9 Å². The third-order valence-corrected chi connectivity index (χ3v) is 4.46. The lowest BCUT2D eigenvalue weighted by atomic mass is 10.1. The van der Waals surface area contributed by atoms with E-state index in [4.69, 9.17) is 5.41 Å². The summed E-state index contributed by atoms with van der Waals surface area (Å²) in [5.74, 6) is 2.73. The van der Waals surface area contributed by atoms with Crippen molar-refractivity contribution < 1.29 is 0 Å². The van der Waals surface area contributed by atoms with Gasteiger partial charge in [0.05, 0.1) is 5.84 Å². The average molecular weight is 212 g/mol. The van der Waals surface area contributed by atoms with Crippen molar-refractivity contribution in [2.24, 2.45) is 5.92 Å². The highest BCUT2D eigenvalue weighted by Gasteiger charge is 2.26. The summed E-state index contributed by atoms with van der Waals surface area (Å²) in [6.07, 6.45) is 5.20. The topological polar surface area (TPSA) is 27.1 Å². The predicted octanol–water partition coefficient (Wildman–Crippen LogP) is 2.59. The minimum absolute atomic E-state index is 0.588. The fraction of sp³-hybridized carbons (Fsp3) is 0.909. The van der Waals surface area contributed by atoms with E-state index in [9.17, 15) is 0 Å². The summed E-state index contributed by atoms with van der Waals surface area (Å²) in [6, 6.07) is 0. The van der Waals surface area contributed by atoms with Crippen LogP contribution in [0.5, 0.6) is 0 Å². The van der Waals surface area contributed by atoms with Gasteiger partial charge in [0.2, 0.25) is 0 Å². The Hall–Kier alpha value is -0.180. The van der Waals surface area contributed by atoms with Crippen molar-refractivity contribution in [1.29, 1.82) is 5.41 Å². The van der Waals surface area contributed by atoms with Gasteiger partial charge >= 0.3 is 0 Å². The lowest BCUT2D eigenvalue weighted by Crippen LogP contribution is -2.43. The predicted molar refractivity (Wildman–Crippen MR) is 63.2 cm³/mol. The summed E-state index contributed by atoms with van der Waals surface area (Å²) in [4.78, 5) is 2.32. The molecule has 0 amide bonds. The van der Waals surface area contributed by atoms with Crippen molar-refractivity contribution >= 4 is 17.6 Å². The van der Waals surface area contributed by atoms with Crippen molar-refractivity contribution in [1.82, 2.24) is 4.90 Å². The molecule has 1 N–H and O–H groups in total. The Labute approximate surface area is 90.9 Å². The first kappa shape index (κ1) is 10.3. The zero-order valence-corrected chi connectivity index (χ0v) is 9.78. The number of hydrogen-bond donors (Lipinski definition) is 1. The van der Waals surface area contributed by atoms with Gasteiger partial charge < -0.3 is 4.90 Å². The Morgan fingerprint density at radius 3 is 2.71 bits per heavy atom. The molecule has 0 spiro atoms. The summed E-state index contributed by atoms with van der Waals surface area (Å²) in [5, 5.41) is 8.90. The lowest BCUT2D eigenvalue weighted by molar-refractivity contribution is 0.404. The second-order valence-electron chi connectivity index (χ2n) is 4.49. The molecule has 3 heteroatoms. The van der Waals surface area contributed by atoms with Gasteiger partial charge in [0.25, 0.3) is 0 Å². The normalized spacial score (nSPS) is 29.5. The van der Waals surface area contributed by atoms with Crippen LogP contribution in [0.4, 0.5) is 0 Å². The largest absolute Gasteiger partial charge is 0.358 e. The Morgan fingerprint density at radius 1 is 1.36 bits per heavy atom. The minimum Gasteiger partial charge on any atom is -0.358 e. The van der Waals surface area contributed by atoms with Crippen molar-refractivity contribution in [3.63, 3.8) is 0 Å². The molecule has 2 fully saturated rings. The van der Waals surface area contributed by atoms with E-state index in [-0.39, 0.29) is 0 Å². The Morgan fingerprint density at radius 2 is 2.07 bits per heavy atom. The Bertz CT molecular complexity index is 211. The first-order valence-corrected chi connectivity index (χ1v) is 6.77. The van der Waals surface area contributed by atoms with Crippen molar-refractivity contribution in [2.75, 3.05) is 18.8 Å². The summed E-state index contributed by atoms with van der Waals surface area (Å²) in [6.45, 7) is 4.48. The van der Waals surface area contributed by atoms with Crippen molar-refractivity contribution in [2.45, 2.75) is 37.9 Å². The fourth-order valence-electron chi connectivity index (χ4n) is 2.49. The monoisotopic (exact) mass is 212 g/mol. The first-order chi connectivity index (χ1) is 6.77. The molecule has 1 heterocycles. The second kappa shape index (κ2) is 4.56. The van der Waals surface area contributed by atoms with Crippen LogP contribution >= 0.6 is 11.8 Å². The number of thioether (sulfide) groups is 1. The van der Waals surface area contributed by atoms with Crippen LogP contribution in [0.1, 0.15) is 32.6 Å². The molecule has 2 aliphatic rings. The standard InChI is InChI=1S/C11H20N2S/c1-9-8-13(6-7-14-9)11(12)10-4-2-3-5-10/h9-10,12H,2-8H2,1H3. The highest BCUT2D eigenvalue weighted by Crippen LogP contribution is 2.28. The molecule has 0 aromatic heterocycles. The van der Waals surface area contributed by atoms with Crippen LogP contribution in [0.3, 0.4) is 0 Å². The first-order valence-electron chi connectivity index (χ1n) is 5.72. The third kappa shape index (κ3) is 2.25. The van der Waals surface area contributed by atoms with E-state index in [0.29, 0.717) is 11.2 Å². The summed E-state index contributed by atoms with van der Waals surface area (Å²) < 4.78 is 0. The molecular weight excluding hydrogens is 192 g/mol. The third-order valence-electron chi connectivity index (χ3n) is 3.32. The maximum absolute atomic E-state index is 8.19. The van der Waals surface area contributed by atoms with Crippen LogP contribution in [0.2, 0.25) is 0 Å². The molecule has 0 radical (unpaired) electrons. The molecule has 2 nitrogen and oxygen atoms in total. The van der Waals surface area contributed by atoms with E-state index >= 15 is 0 Å². The summed E-state index contributed by atoms with van der Waals surface area (Å²) in [5.41, 5.74) is 0. The molecule has 0 aromatic carbocycles. The molecule has 2 rings (SSSR count). The van der Waals surface area contributed by atoms with Gasteiger partial charge in [0, 0.05) is 30.0 Å². The maximum Gasteiger partial charge on any atom is 0.0990 e. The van der Waals surface area contributed by atoms with E-state index in [1.807, 2.05) is 11.8 Å². The number of amidine groups is 1. The van der Waals surface area contributed by atoms with Crippen LogP contribution in [0.15, 0.2) is 0 Å². The van der Waals surface area contributed by atoms with Gasteiger partial charge in [0.1, 0.15) is 0 Å². The molecule has 1 aliphatic carbocycles. The molecule has 1 aliphatic heterocycles. The van der Waals surface area contributed by atoms with Gasteiger partial charge in [-0.05, 0) is 12.8 Å². The quantitative estimate of drug-likeness (QED) is 0.534. The molecule has 1 atom stereocenters. The van der Waals surface area contributed by atoms with Crippen LogP contribution in [0, 0.1) is 11.3 Å². The maximum atomic E-state index is 8.19. The Kier molecular flexibility index (Phi) is 3.37. The molecule has 1 unspecified atom stereocenters. The van der Waals surface area contributed by atoms with Crippen LogP contribution in [-0.4, -0.2) is 34.8 Å². The van der Waals surface area contributed by atoms with Gasteiger partial charge in [-0.1, -0.05) is 19.8 Å². The zero-order chi connectivity index (χ0) is 9.97. The fourth-order valence-corrected chi connectivity index (χ4v) is 3.51. The van der Waals surface area contributed by atoms with Crippen molar-refractivity contribution in [3.05, 3.63) is 0 Å². The number of nitrogens with one attached hydrogen (secondary N) is 1. The lowest BCUT2D eigenvalue weighted by Gasteiger charge is -2.34. The van der Waals surface area contributed by atoms with E-state index in [2.05, 4.69) is 11.8 Å². The van der Waals surface area contributed by atoms with Crippen LogP contribution in [0.25, 0.3) is 0 Å². The summed E-state index contributed by atoms with van der Waals surface area (Å²) in [7, 11) is 0. The molecular formula is C11H20N2S. The van der Waals surface area contributed by atoms with Gasteiger partial charge in [-0.15, -0.1) is 0 Å². The van der Waals surface area contributed by atoms with Crippen molar-refractivity contribution in [3.8, 4) is 0 Å². The second-order valence-corrected chi connectivity index (χ2v) is 6.04. The molecule has 0 aromatic rings. The van der Waals surface area contributed by atoms with Gasteiger partial charge in [-0.25, -0.2) is 0 Å². The highest BCUT2D eigenvalue weighted by atomic mass is 32.2. The highest BCUT2D eigenvalue weighted by molar-refractivity contribution is 7.99. The number of rotatable bonds is 1. The Balaban J connectivity index is 1.89. The number of hydrogen-bond acceptors (Lipinski definition) is 2. The van der Waals surface area contributed by atoms with Crippen LogP contribution < -0.4 is 0 Å². The van der Waals surface area contributed by atoms with Crippen LogP contribution in [-0.2, 0) is 0 Å². The molecule has 0 bridgehead atoms. The molecule has 1 saturated heterocycles. The molecule has 80 valence electrons. The molecule has 14 heavy (non-hydrogen) atoms. The summed E-state index contributed by atoms with van der Waals surface area (Å²) >= 11 is 2.04. The van der Waals surface area contributed by atoms with E-state index in [1.165, 1.54) is 31.4 Å². The van der Waals surface area contributed by atoms with Gasteiger partial charge in [0.15, 0.2) is 0 Å². The SMILES string of the molecule is CC1CN(C(=N)C2CCCC2)CCS1. The minimum atomic E-state index is 0.588. The van der Waals surface area contributed by atoms with Gasteiger partial charge in [-0.2, -0.15) is 11.8 Å².